The van der Waals surface area contributed by atoms with Gasteiger partial charge in [-0.05, 0) is 21.0 Å². The number of aliphatic hydroxyl groups excluding tert-OH is 1. The number of likely N-dealkylation sites (N-methyl/N-ethyl adjacent to an activating group) is 2. The lowest BCUT2D eigenvalue weighted by Gasteiger charge is -2.31. The number of quaternary nitrogens is 1. The molecule has 15 heavy (non-hydrogen) atoms. The van der Waals surface area contributed by atoms with Crippen molar-refractivity contribution in [3.63, 3.8) is 0 Å². The first-order valence-corrected chi connectivity index (χ1v) is 5.69. The van der Waals surface area contributed by atoms with E-state index in [4.69, 9.17) is 5.11 Å². The van der Waals surface area contributed by atoms with E-state index in [0.717, 1.165) is 30.7 Å². The van der Waals surface area contributed by atoms with Crippen molar-refractivity contribution >= 4 is 0 Å². The Hall–Kier alpha value is -0.160. The van der Waals surface area contributed by atoms with E-state index in [1.807, 2.05) is 0 Å². The molecule has 0 aromatic carbocycles. The van der Waals surface area contributed by atoms with Crippen molar-refractivity contribution in [3.05, 3.63) is 0 Å². The molecule has 0 bridgehead atoms. The molecular weight excluding hydrogens is 190 g/mol. The average Bonchev–Trinajstić information content (AvgIpc) is 2.09. The predicted octanol–water partition coefficient (Wildman–Crippen LogP) is -0.405. The topological polar surface area (TPSA) is 35.5 Å². The van der Waals surface area contributed by atoms with Crippen LogP contribution in [0.25, 0.3) is 0 Å². The van der Waals surface area contributed by atoms with Crippen molar-refractivity contribution in [2.45, 2.75) is 13.0 Å². The Kier molecular flexibility index (Phi) is 7.09. The summed E-state index contributed by atoms with van der Waals surface area (Å²) in [4.78, 5) is 2.21. The summed E-state index contributed by atoms with van der Waals surface area (Å²) in [5.41, 5.74) is 0. The number of hydrogen-bond donors (Lipinski definition) is 2. The van der Waals surface area contributed by atoms with Crippen molar-refractivity contribution < 1.29 is 9.59 Å². The molecule has 0 aromatic rings. The third-order valence-electron chi connectivity index (χ3n) is 2.49. The standard InChI is InChI=1S/C11H28N3O/c1-11(15)10-12-6-8-14(4,5)9-7-13(2)3/h11-12,15H,6-10H2,1-5H3/q+1. The molecule has 4 heteroatoms. The SMILES string of the molecule is CC(O)CNCC[N+](C)(C)CCN(C)C. The Bertz CT molecular complexity index is 158. The number of nitrogens with one attached hydrogen (secondary N) is 1. The maximum Gasteiger partial charge on any atom is 0.0911 e. The van der Waals surface area contributed by atoms with Crippen LogP contribution in [-0.4, -0.2) is 81.5 Å². The van der Waals surface area contributed by atoms with Gasteiger partial charge in [-0.15, -0.1) is 0 Å². The van der Waals surface area contributed by atoms with E-state index in [1.54, 1.807) is 6.92 Å². The summed E-state index contributed by atoms with van der Waals surface area (Å²) in [6.07, 6.45) is -0.248. The van der Waals surface area contributed by atoms with Gasteiger partial charge in [0.25, 0.3) is 0 Å². The molecule has 0 spiro atoms. The van der Waals surface area contributed by atoms with Gasteiger partial charge in [-0.3, -0.25) is 0 Å². The van der Waals surface area contributed by atoms with Crippen LogP contribution in [0.4, 0.5) is 0 Å². The van der Waals surface area contributed by atoms with Crippen molar-refractivity contribution in [1.29, 1.82) is 0 Å². The van der Waals surface area contributed by atoms with E-state index >= 15 is 0 Å². The average molecular weight is 218 g/mol. The van der Waals surface area contributed by atoms with Crippen molar-refractivity contribution in [2.75, 3.05) is 60.9 Å². The van der Waals surface area contributed by atoms with Crippen LogP contribution in [0.1, 0.15) is 6.92 Å². The highest BCUT2D eigenvalue weighted by Crippen LogP contribution is 1.95. The van der Waals surface area contributed by atoms with E-state index in [9.17, 15) is 0 Å². The Morgan fingerprint density at radius 1 is 1.27 bits per heavy atom. The van der Waals surface area contributed by atoms with Crippen molar-refractivity contribution in [1.82, 2.24) is 10.2 Å². The van der Waals surface area contributed by atoms with Gasteiger partial charge in [-0.2, -0.15) is 0 Å². The quantitative estimate of drug-likeness (QED) is 0.430. The zero-order chi connectivity index (χ0) is 11.9. The number of rotatable bonds is 8. The van der Waals surface area contributed by atoms with E-state index in [2.05, 4.69) is 38.4 Å². The van der Waals surface area contributed by atoms with E-state index in [0.29, 0.717) is 6.54 Å². The first-order valence-electron chi connectivity index (χ1n) is 5.69. The molecule has 2 N–H and O–H groups in total. The molecule has 0 fully saturated rings. The monoisotopic (exact) mass is 218 g/mol. The van der Waals surface area contributed by atoms with Gasteiger partial charge in [0.2, 0.25) is 0 Å². The first-order chi connectivity index (χ1) is 6.83. The van der Waals surface area contributed by atoms with Gasteiger partial charge >= 0.3 is 0 Å². The second kappa shape index (κ2) is 7.17. The van der Waals surface area contributed by atoms with Crippen LogP contribution in [0.2, 0.25) is 0 Å². The van der Waals surface area contributed by atoms with Gasteiger partial charge in [-0.1, -0.05) is 0 Å². The number of hydrogen-bond acceptors (Lipinski definition) is 3. The molecular formula is C11H28N3O+. The minimum absolute atomic E-state index is 0.248. The maximum atomic E-state index is 9.08. The fourth-order valence-corrected chi connectivity index (χ4v) is 1.28. The molecule has 0 heterocycles. The molecule has 0 aromatic heterocycles. The molecule has 0 aliphatic rings. The van der Waals surface area contributed by atoms with Gasteiger partial charge in [0.15, 0.2) is 0 Å². The minimum atomic E-state index is -0.248. The van der Waals surface area contributed by atoms with E-state index in [-0.39, 0.29) is 6.10 Å². The van der Waals surface area contributed by atoms with Gasteiger partial charge in [0, 0.05) is 19.6 Å². The highest BCUT2D eigenvalue weighted by Gasteiger charge is 2.14. The molecule has 0 radical (unpaired) electrons. The normalized spacial score (nSPS) is 14.6. The Morgan fingerprint density at radius 2 is 1.87 bits per heavy atom. The molecule has 92 valence electrons. The zero-order valence-corrected chi connectivity index (χ0v) is 11.0. The third-order valence-corrected chi connectivity index (χ3v) is 2.49. The highest BCUT2D eigenvalue weighted by atomic mass is 16.3. The summed E-state index contributed by atoms with van der Waals surface area (Å²) in [7, 11) is 8.69. The smallest absolute Gasteiger partial charge is 0.0911 e. The van der Waals surface area contributed by atoms with Crippen LogP contribution in [0, 0.1) is 0 Å². The summed E-state index contributed by atoms with van der Waals surface area (Å²) in [6.45, 7) is 6.82. The molecule has 0 aliphatic carbocycles. The van der Waals surface area contributed by atoms with Crippen molar-refractivity contribution in [2.24, 2.45) is 0 Å². The molecule has 0 saturated heterocycles. The molecule has 0 amide bonds. The van der Waals surface area contributed by atoms with Gasteiger partial charge in [-0.25, -0.2) is 0 Å². The lowest BCUT2D eigenvalue weighted by atomic mass is 10.3. The second-order valence-corrected chi connectivity index (χ2v) is 5.24. The van der Waals surface area contributed by atoms with Crippen LogP contribution in [0.5, 0.6) is 0 Å². The van der Waals surface area contributed by atoms with Crippen LogP contribution in [0.15, 0.2) is 0 Å². The molecule has 0 aliphatic heterocycles. The summed E-state index contributed by atoms with van der Waals surface area (Å²) < 4.78 is 1.02. The molecule has 4 nitrogen and oxygen atoms in total. The van der Waals surface area contributed by atoms with Crippen LogP contribution >= 0.6 is 0 Å². The van der Waals surface area contributed by atoms with Gasteiger partial charge in [0.05, 0.1) is 33.3 Å². The fourth-order valence-electron chi connectivity index (χ4n) is 1.28. The summed E-state index contributed by atoms with van der Waals surface area (Å²) in [6, 6.07) is 0. The second-order valence-electron chi connectivity index (χ2n) is 5.24. The Labute approximate surface area is 94.5 Å². The van der Waals surface area contributed by atoms with E-state index in [1.165, 1.54) is 0 Å². The van der Waals surface area contributed by atoms with Gasteiger partial charge < -0.3 is 19.8 Å². The van der Waals surface area contributed by atoms with Crippen LogP contribution < -0.4 is 5.32 Å². The first kappa shape index (κ1) is 14.8. The molecule has 1 atom stereocenters. The zero-order valence-electron chi connectivity index (χ0n) is 11.0. The lowest BCUT2D eigenvalue weighted by molar-refractivity contribution is -0.888. The predicted molar refractivity (Wildman–Crippen MR) is 64.9 cm³/mol. The maximum absolute atomic E-state index is 9.08. The number of aliphatic hydroxyl groups is 1. The number of nitrogens with zero attached hydrogens (tertiary/aromatic N) is 2. The molecule has 1 unspecified atom stereocenters. The molecule has 0 saturated carbocycles. The fraction of sp³-hybridized carbons (Fsp3) is 1.00. The Morgan fingerprint density at radius 3 is 2.33 bits per heavy atom. The van der Waals surface area contributed by atoms with Crippen LogP contribution in [0.3, 0.4) is 0 Å². The van der Waals surface area contributed by atoms with E-state index < -0.39 is 0 Å². The highest BCUT2D eigenvalue weighted by molar-refractivity contribution is 4.52. The summed E-state index contributed by atoms with van der Waals surface area (Å²) >= 11 is 0. The molecule has 0 rings (SSSR count). The minimum Gasteiger partial charge on any atom is -0.392 e. The summed E-state index contributed by atoms with van der Waals surface area (Å²) in [5.74, 6) is 0. The Balaban J connectivity index is 3.55. The lowest BCUT2D eigenvalue weighted by Crippen LogP contribution is -2.48. The third kappa shape index (κ3) is 10.1. The van der Waals surface area contributed by atoms with Crippen LogP contribution in [-0.2, 0) is 0 Å². The largest absolute Gasteiger partial charge is 0.392 e. The summed E-state index contributed by atoms with van der Waals surface area (Å²) in [5, 5.41) is 12.3. The van der Waals surface area contributed by atoms with Crippen molar-refractivity contribution in [3.8, 4) is 0 Å². The van der Waals surface area contributed by atoms with Gasteiger partial charge in [0.1, 0.15) is 0 Å².